The summed E-state index contributed by atoms with van der Waals surface area (Å²) < 4.78 is 9.60. The maximum absolute atomic E-state index is 11.6. The number of nitro groups is 1. The van der Waals surface area contributed by atoms with E-state index in [4.69, 9.17) is 4.52 Å². The molecule has 0 aromatic carbocycles. The maximum atomic E-state index is 11.6. The van der Waals surface area contributed by atoms with Gasteiger partial charge >= 0.3 is 11.7 Å². The second-order valence-electron chi connectivity index (χ2n) is 6.20. The Kier molecular flexibility index (Phi) is 5.10. The van der Waals surface area contributed by atoms with Gasteiger partial charge in [-0.3, -0.25) is 10.1 Å². The Labute approximate surface area is 149 Å². The highest BCUT2D eigenvalue weighted by Gasteiger charge is 2.29. The first-order chi connectivity index (χ1) is 12.5. The van der Waals surface area contributed by atoms with Crippen molar-refractivity contribution in [2.24, 2.45) is 5.92 Å². The van der Waals surface area contributed by atoms with Gasteiger partial charge in [0.2, 0.25) is 11.7 Å². The molecule has 1 fully saturated rings. The first kappa shape index (κ1) is 17.8. The number of piperidine rings is 1. The number of esters is 1. The Hall–Kier alpha value is -3.04. The fourth-order valence-corrected chi connectivity index (χ4v) is 3.16. The second-order valence-corrected chi connectivity index (χ2v) is 6.20. The summed E-state index contributed by atoms with van der Waals surface area (Å²) in [4.78, 5) is 32.8. The molecule has 10 nitrogen and oxygen atoms in total. The molecule has 0 N–H and O–H groups in total. The fourth-order valence-electron chi connectivity index (χ4n) is 3.16. The summed E-state index contributed by atoms with van der Waals surface area (Å²) in [7, 11) is 1.22. The monoisotopic (exact) mass is 361 g/mol. The standard InChI is InChI=1S/C16H19N5O5/c1-10-18-14(19-26-10)6-11-4-3-5-20(9-11)15-13(21(23)24)7-12(8-17-15)16(22)25-2/h7-8,11H,3-6,9H2,1-2H3. The molecule has 1 aliphatic heterocycles. The number of carbonyl (C=O) groups excluding carboxylic acids is 1. The summed E-state index contributed by atoms with van der Waals surface area (Å²) in [5.41, 5.74) is -0.150. The van der Waals surface area contributed by atoms with Gasteiger partial charge in [-0.1, -0.05) is 5.16 Å². The molecule has 3 heterocycles. The molecule has 138 valence electrons. The Bertz CT molecular complexity index is 821. The van der Waals surface area contributed by atoms with Crippen LogP contribution in [0.4, 0.5) is 11.5 Å². The molecule has 10 heteroatoms. The molecular formula is C16H19N5O5. The van der Waals surface area contributed by atoms with Crippen molar-refractivity contribution < 1.29 is 19.0 Å². The summed E-state index contributed by atoms with van der Waals surface area (Å²) in [5.74, 6) is 0.997. The van der Waals surface area contributed by atoms with Crippen LogP contribution in [-0.4, -0.2) is 46.2 Å². The summed E-state index contributed by atoms with van der Waals surface area (Å²) >= 11 is 0. The van der Waals surface area contributed by atoms with Crippen LogP contribution in [0.25, 0.3) is 0 Å². The third-order valence-corrected chi connectivity index (χ3v) is 4.32. The third kappa shape index (κ3) is 3.79. The van der Waals surface area contributed by atoms with Crippen LogP contribution in [0, 0.1) is 23.0 Å². The van der Waals surface area contributed by atoms with E-state index >= 15 is 0 Å². The van der Waals surface area contributed by atoms with Gasteiger partial charge in [-0.05, 0) is 18.8 Å². The van der Waals surface area contributed by atoms with E-state index < -0.39 is 10.9 Å². The lowest BCUT2D eigenvalue weighted by Crippen LogP contribution is -2.37. The van der Waals surface area contributed by atoms with Crippen molar-refractivity contribution in [3.05, 3.63) is 39.7 Å². The largest absolute Gasteiger partial charge is 0.465 e. The number of carbonyl (C=O) groups is 1. The molecular weight excluding hydrogens is 342 g/mol. The number of pyridine rings is 1. The van der Waals surface area contributed by atoms with E-state index in [1.807, 2.05) is 4.90 Å². The first-order valence-electron chi connectivity index (χ1n) is 8.24. The van der Waals surface area contributed by atoms with Crippen molar-refractivity contribution in [1.29, 1.82) is 0 Å². The summed E-state index contributed by atoms with van der Waals surface area (Å²) in [6, 6.07) is 1.21. The number of nitrogens with zero attached hydrogens (tertiary/aromatic N) is 5. The van der Waals surface area contributed by atoms with Gasteiger partial charge in [-0.15, -0.1) is 0 Å². The van der Waals surface area contributed by atoms with Gasteiger partial charge < -0.3 is 14.2 Å². The van der Waals surface area contributed by atoms with Crippen molar-refractivity contribution in [2.45, 2.75) is 26.2 Å². The molecule has 0 amide bonds. The average molecular weight is 361 g/mol. The first-order valence-corrected chi connectivity index (χ1v) is 8.24. The van der Waals surface area contributed by atoms with E-state index in [1.54, 1.807) is 6.92 Å². The van der Waals surface area contributed by atoms with Gasteiger partial charge in [-0.2, -0.15) is 4.98 Å². The zero-order chi connectivity index (χ0) is 18.7. The van der Waals surface area contributed by atoms with Crippen LogP contribution in [-0.2, 0) is 11.2 Å². The molecule has 1 aliphatic rings. The molecule has 0 bridgehead atoms. The Morgan fingerprint density at radius 1 is 1.54 bits per heavy atom. The molecule has 0 spiro atoms. The number of anilines is 1. The van der Waals surface area contributed by atoms with Gasteiger partial charge in [-0.25, -0.2) is 9.78 Å². The van der Waals surface area contributed by atoms with Crippen LogP contribution in [0.3, 0.4) is 0 Å². The number of hydrogen-bond acceptors (Lipinski definition) is 9. The highest BCUT2D eigenvalue weighted by atomic mass is 16.6. The molecule has 0 aliphatic carbocycles. The van der Waals surface area contributed by atoms with Crippen molar-refractivity contribution >= 4 is 17.5 Å². The highest BCUT2D eigenvalue weighted by molar-refractivity contribution is 5.90. The fraction of sp³-hybridized carbons (Fsp3) is 0.500. The quantitative estimate of drug-likeness (QED) is 0.446. The molecule has 2 aromatic heterocycles. The predicted octanol–water partition coefficient (Wildman–Crippen LogP) is 1.93. The van der Waals surface area contributed by atoms with Crippen molar-refractivity contribution in [3.63, 3.8) is 0 Å². The van der Waals surface area contributed by atoms with Crippen LogP contribution in [0.2, 0.25) is 0 Å². The SMILES string of the molecule is COC(=O)c1cnc(N2CCCC(Cc3noc(C)n3)C2)c([N+](=O)[O-])c1. The van der Waals surface area contributed by atoms with Crippen molar-refractivity contribution in [3.8, 4) is 0 Å². The lowest BCUT2D eigenvalue weighted by molar-refractivity contribution is -0.384. The van der Waals surface area contributed by atoms with Crippen LogP contribution >= 0.6 is 0 Å². The topological polar surface area (TPSA) is 124 Å². The minimum Gasteiger partial charge on any atom is -0.465 e. The number of ether oxygens (including phenoxy) is 1. The maximum Gasteiger partial charge on any atom is 0.339 e. The Balaban J connectivity index is 1.80. The minimum absolute atomic E-state index is 0.0544. The molecule has 0 radical (unpaired) electrons. The smallest absolute Gasteiger partial charge is 0.339 e. The van der Waals surface area contributed by atoms with Gasteiger partial charge in [0.1, 0.15) is 0 Å². The number of aryl methyl sites for hydroxylation is 1. The Morgan fingerprint density at radius 3 is 3.00 bits per heavy atom. The van der Waals surface area contributed by atoms with E-state index in [-0.39, 0.29) is 23.0 Å². The lowest BCUT2D eigenvalue weighted by Gasteiger charge is -2.32. The van der Waals surface area contributed by atoms with Crippen molar-refractivity contribution in [2.75, 3.05) is 25.1 Å². The Morgan fingerprint density at radius 2 is 2.35 bits per heavy atom. The molecule has 3 rings (SSSR count). The van der Waals surface area contributed by atoms with Crippen molar-refractivity contribution in [1.82, 2.24) is 15.1 Å². The lowest BCUT2D eigenvalue weighted by atomic mass is 9.94. The highest BCUT2D eigenvalue weighted by Crippen LogP contribution is 2.31. The normalized spacial score (nSPS) is 17.2. The second kappa shape index (κ2) is 7.46. The number of hydrogen-bond donors (Lipinski definition) is 0. The summed E-state index contributed by atoms with van der Waals surface area (Å²) in [6.45, 7) is 2.99. The zero-order valence-corrected chi connectivity index (χ0v) is 14.5. The minimum atomic E-state index is -0.656. The van der Waals surface area contributed by atoms with E-state index in [2.05, 4.69) is 19.9 Å². The van der Waals surface area contributed by atoms with E-state index in [1.165, 1.54) is 19.4 Å². The molecule has 0 saturated carbocycles. The molecule has 2 aromatic rings. The zero-order valence-electron chi connectivity index (χ0n) is 14.5. The number of methoxy groups -OCH3 is 1. The van der Waals surface area contributed by atoms with Gasteiger partial charge in [0, 0.05) is 38.7 Å². The number of aromatic nitrogens is 3. The summed E-state index contributed by atoms with van der Waals surface area (Å²) in [5, 5.41) is 15.4. The molecule has 1 atom stereocenters. The van der Waals surface area contributed by atoms with Crippen LogP contribution < -0.4 is 4.90 Å². The van der Waals surface area contributed by atoms with E-state index in [9.17, 15) is 14.9 Å². The molecule has 1 unspecified atom stereocenters. The van der Waals surface area contributed by atoms with Crippen LogP contribution in [0.1, 0.15) is 34.9 Å². The number of rotatable bonds is 5. The summed E-state index contributed by atoms with van der Waals surface area (Å²) in [6.07, 6.45) is 3.79. The molecule has 26 heavy (non-hydrogen) atoms. The van der Waals surface area contributed by atoms with E-state index in [0.717, 1.165) is 12.8 Å². The van der Waals surface area contributed by atoms with E-state index in [0.29, 0.717) is 31.2 Å². The average Bonchev–Trinajstić information content (AvgIpc) is 3.05. The van der Waals surface area contributed by atoms with Gasteiger partial charge in [0.15, 0.2) is 5.82 Å². The predicted molar refractivity (Wildman–Crippen MR) is 89.9 cm³/mol. The van der Waals surface area contributed by atoms with Gasteiger partial charge in [0.25, 0.3) is 0 Å². The van der Waals surface area contributed by atoms with Crippen LogP contribution in [0.15, 0.2) is 16.8 Å². The van der Waals surface area contributed by atoms with Crippen LogP contribution in [0.5, 0.6) is 0 Å². The van der Waals surface area contributed by atoms with Gasteiger partial charge in [0.05, 0.1) is 17.6 Å². The molecule has 1 saturated heterocycles. The third-order valence-electron chi connectivity index (χ3n) is 4.32.